The van der Waals surface area contributed by atoms with Gasteiger partial charge in [-0.3, -0.25) is 9.52 Å². The normalized spacial score (nSPS) is 17.2. The van der Waals surface area contributed by atoms with E-state index in [0.717, 1.165) is 6.42 Å². The van der Waals surface area contributed by atoms with Gasteiger partial charge in [0.2, 0.25) is 0 Å². The van der Waals surface area contributed by atoms with Gasteiger partial charge in [-0.2, -0.15) is 0 Å². The molecule has 1 heterocycles. The Hall–Kier alpha value is -2.09. The number of amides is 1. The highest BCUT2D eigenvalue weighted by molar-refractivity contribution is 7.92. The van der Waals surface area contributed by atoms with Gasteiger partial charge in [-0.25, -0.2) is 8.42 Å². The molecule has 132 valence electrons. The monoisotopic (exact) mass is 380 g/mol. The maximum atomic E-state index is 12.4. The second kappa shape index (κ2) is 7.43. The van der Waals surface area contributed by atoms with Crippen LogP contribution >= 0.6 is 11.6 Å². The number of rotatable bonds is 5. The Kier molecular flexibility index (Phi) is 5.27. The zero-order chi connectivity index (χ0) is 17.9. The summed E-state index contributed by atoms with van der Waals surface area (Å²) in [6, 6.07) is 12.3. The molecule has 2 aromatic rings. The summed E-state index contributed by atoms with van der Waals surface area (Å²) in [6.45, 7) is 0.589. The lowest BCUT2D eigenvalue weighted by atomic mass is 10.2. The van der Waals surface area contributed by atoms with Gasteiger partial charge in [-0.05, 0) is 61.4 Å². The third kappa shape index (κ3) is 4.50. The van der Waals surface area contributed by atoms with Crippen LogP contribution in [0.4, 0.5) is 11.4 Å². The van der Waals surface area contributed by atoms with Crippen molar-refractivity contribution in [3.8, 4) is 0 Å². The van der Waals surface area contributed by atoms with Crippen LogP contribution < -0.4 is 10.0 Å². The highest BCUT2D eigenvalue weighted by Crippen LogP contribution is 2.21. The van der Waals surface area contributed by atoms with Crippen LogP contribution in [0.15, 0.2) is 53.4 Å². The van der Waals surface area contributed by atoms with Crippen LogP contribution in [-0.2, 0) is 19.6 Å². The molecule has 0 aromatic heterocycles. The number of carbonyl (C=O) groups excluding carboxylic acids is 1. The van der Waals surface area contributed by atoms with E-state index < -0.39 is 16.1 Å². The van der Waals surface area contributed by atoms with E-state index in [9.17, 15) is 13.2 Å². The number of carbonyl (C=O) groups is 1. The molecule has 3 rings (SSSR count). The van der Waals surface area contributed by atoms with Crippen molar-refractivity contribution in [2.45, 2.75) is 23.8 Å². The summed E-state index contributed by atoms with van der Waals surface area (Å²) in [7, 11) is -3.72. The highest BCUT2D eigenvalue weighted by atomic mass is 35.5. The molecule has 1 atom stereocenters. The SMILES string of the molecule is O=C(Nc1ccc(S(=O)(=O)Nc2ccc(Cl)cc2)cc1)[C@H]1CCCO1. The van der Waals surface area contributed by atoms with Crippen molar-refractivity contribution < 1.29 is 17.9 Å². The molecule has 1 aliphatic heterocycles. The van der Waals surface area contributed by atoms with Gasteiger partial charge in [0.05, 0.1) is 4.90 Å². The Morgan fingerprint density at radius 1 is 1.04 bits per heavy atom. The number of hydrogen-bond donors (Lipinski definition) is 2. The van der Waals surface area contributed by atoms with E-state index in [1.54, 1.807) is 36.4 Å². The number of hydrogen-bond acceptors (Lipinski definition) is 4. The molecule has 6 nitrogen and oxygen atoms in total. The van der Waals surface area contributed by atoms with Crippen LogP contribution in [-0.4, -0.2) is 27.0 Å². The van der Waals surface area contributed by atoms with Gasteiger partial charge in [0.15, 0.2) is 0 Å². The van der Waals surface area contributed by atoms with Gasteiger partial charge in [0, 0.05) is 23.0 Å². The fraction of sp³-hybridized carbons (Fsp3) is 0.235. The van der Waals surface area contributed by atoms with Crippen molar-refractivity contribution in [1.82, 2.24) is 0 Å². The van der Waals surface area contributed by atoms with Crippen LogP contribution in [0.3, 0.4) is 0 Å². The Bertz CT molecular complexity index is 845. The van der Waals surface area contributed by atoms with E-state index in [1.165, 1.54) is 12.1 Å². The van der Waals surface area contributed by atoms with Crippen molar-refractivity contribution in [3.05, 3.63) is 53.6 Å². The molecule has 0 aliphatic carbocycles. The third-order valence-corrected chi connectivity index (χ3v) is 5.40. The van der Waals surface area contributed by atoms with E-state index in [-0.39, 0.29) is 10.8 Å². The molecular weight excluding hydrogens is 364 g/mol. The molecule has 8 heteroatoms. The molecule has 0 bridgehead atoms. The lowest BCUT2D eigenvalue weighted by Gasteiger charge is -2.11. The van der Waals surface area contributed by atoms with Crippen molar-refractivity contribution in [1.29, 1.82) is 0 Å². The maximum Gasteiger partial charge on any atom is 0.261 e. The standard InChI is InChI=1S/C17H17ClN2O4S/c18-12-3-5-14(6-4-12)20-25(22,23)15-9-7-13(8-10-15)19-17(21)16-2-1-11-24-16/h3-10,16,20H,1-2,11H2,(H,19,21)/t16-/m1/s1. The summed E-state index contributed by atoms with van der Waals surface area (Å²) in [5.74, 6) is -0.215. The maximum absolute atomic E-state index is 12.4. The predicted octanol–water partition coefficient (Wildman–Crippen LogP) is 3.26. The van der Waals surface area contributed by atoms with Crippen LogP contribution in [0.2, 0.25) is 5.02 Å². The molecule has 0 unspecified atom stereocenters. The minimum Gasteiger partial charge on any atom is -0.368 e. The lowest BCUT2D eigenvalue weighted by Crippen LogP contribution is -2.26. The van der Waals surface area contributed by atoms with Crippen molar-refractivity contribution >= 4 is 38.9 Å². The fourth-order valence-corrected chi connectivity index (χ4v) is 3.64. The van der Waals surface area contributed by atoms with Crippen LogP contribution in [0, 0.1) is 0 Å². The largest absolute Gasteiger partial charge is 0.368 e. The Labute approximate surface area is 151 Å². The molecular formula is C17H17ClN2O4S. The second-order valence-corrected chi connectivity index (χ2v) is 7.75. The van der Waals surface area contributed by atoms with Crippen LogP contribution in [0.1, 0.15) is 12.8 Å². The molecule has 2 aromatic carbocycles. The first-order valence-corrected chi connectivity index (χ1v) is 9.61. The first-order valence-electron chi connectivity index (χ1n) is 7.75. The van der Waals surface area contributed by atoms with Crippen molar-refractivity contribution in [2.24, 2.45) is 0 Å². The number of halogens is 1. The summed E-state index contributed by atoms with van der Waals surface area (Å²) in [5, 5.41) is 3.25. The highest BCUT2D eigenvalue weighted by Gasteiger charge is 2.23. The Morgan fingerprint density at radius 2 is 1.68 bits per heavy atom. The molecule has 1 fully saturated rings. The van der Waals surface area contributed by atoms with Gasteiger partial charge in [-0.15, -0.1) is 0 Å². The second-order valence-electron chi connectivity index (χ2n) is 5.63. The summed E-state index contributed by atoms with van der Waals surface area (Å²) in [4.78, 5) is 12.1. The number of benzene rings is 2. The molecule has 2 N–H and O–H groups in total. The number of sulfonamides is 1. The zero-order valence-corrected chi connectivity index (χ0v) is 14.8. The minimum atomic E-state index is -3.72. The molecule has 0 saturated carbocycles. The van der Waals surface area contributed by atoms with Gasteiger partial charge >= 0.3 is 0 Å². The third-order valence-electron chi connectivity index (χ3n) is 3.75. The number of anilines is 2. The van der Waals surface area contributed by atoms with E-state index in [1.807, 2.05) is 0 Å². The van der Waals surface area contributed by atoms with Gasteiger partial charge in [-0.1, -0.05) is 11.6 Å². The summed E-state index contributed by atoms with van der Waals surface area (Å²) in [5.41, 5.74) is 0.936. The van der Waals surface area contributed by atoms with Gasteiger partial charge in [0.25, 0.3) is 15.9 Å². The van der Waals surface area contributed by atoms with Crippen molar-refractivity contribution in [2.75, 3.05) is 16.6 Å². The smallest absolute Gasteiger partial charge is 0.261 e. The molecule has 0 spiro atoms. The molecule has 0 radical (unpaired) electrons. The van der Waals surface area contributed by atoms with E-state index in [4.69, 9.17) is 16.3 Å². The molecule has 1 amide bonds. The predicted molar refractivity (Wildman–Crippen MR) is 96.3 cm³/mol. The lowest BCUT2D eigenvalue weighted by molar-refractivity contribution is -0.124. The summed E-state index contributed by atoms with van der Waals surface area (Å²) in [6.07, 6.45) is 1.13. The Balaban J connectivity index is 1.68. The quantitative estimate of drug-likeness (QED) is 0.833. The summed E-state index contributed by atoms with van der Waals surface area (Å²) < 4.78 is 32.5. The first kappa shape index (κ1) is 17.7. The minimum absolute atomic E-state index is 0.0950. The molecule has 1 aliphatic rings. The number of nitrogens with one attached hydrogen (secondary N) is 2. The van der Waals surface area contributed by atoms with Gasteiger partial charge < -0.3 is 10.1 Å². The van der Waals surface area contributed by atoms with Crippen LogP contribution in [0.5, 0.6) is 0 Å². The average molecular weight is 381 g/mol. The van der Waals surface area contributed by atoms with E-state index >= 15 is 0 Å². The topological polar surface area (TPSA) is 84.5 Å². The fourth-order valence-electron chi connectivity index (χ4n) is 2.46. The molecule has 1 saturated heterocycles. The van der Waals surface area contributed by atoms with E-state index in [0.29, 0.717) is 29.4 Å². The summed E-state index contributed by atoms with van der Waals surface area (Å²) >= 11 is 5.79. The van der Waals surface area contributed by atoms with Crippen LogP contribution in [0.25, 0.3) is 0 Å². The van der Waals surface area contributed by atoms with Crippen molar-refractivity contribution in [3.63, 3.8) is 0 Å². The zero-order valence-electron chi connectivity index (χ0n) is 13.2. The Morgan fingerprint density at radius 3 is 2.28 bits per heavy atom. The first-order chi connectivity index (χ1) is 11.9. The number of ether oxygens (including phenoxy) is 1. The van der Waals surface area contributed by atoms with Gasteiger partial charge in [0.1, 0.15) is 6.10 Å². The van der Waals surface area contributed by atoms with E-state index in [2.05, 4.69) is 10.0 Å². The average Bonchev–Trinajstić information content (AvgIpc) is 3.12. The molecule has 25 heavy (non-hydrogen) atoms.